The Morgan fingerprint density at radius 2 is 2.18 bits per heavy atom. The molecule has 2 aromatic rings. The fraction of sp³-hybridized carbons (Fsp3) is 0.500. The number of hydrogen-bond donors (Lipinski definition) is 2. The summed E-state index contributed by atoms with van der Waals surface area (Å²) in [6, 6.07) is 0.156. The minimum atomic E-state index is -0.254. The van der Waals surface area contributed by atoms with Gasteiger partial charge in [-0.3, -0.25) is 0 Å². The van der Waals surface area contributed by atoms with E-state index in [4.69, 9.17) is 10.2 Å². The third-order valence-corrected chi connectivity index (χ3v) is 3.32. The second-order valence-electron chi connectivity index (χ2n) is 3.93. The number of nitrogens with one attached hydrogen (secondary N) is 1. The van der Waals surface area contributed by atoms with Crippen molar-refractivity contribution >= 4 is 17.4 Å². The summed E-state index contributed by atoms with van der Waals surface area (Å²) in [5, 5.41) is 13.8. The monoisotopic (exact) mass is 253 g/mol. The molecule has 2 unspecified atom stereocenters. The first kappa shape index (κ1) is 12.0. The molecule has 3 N–H and O–H groups in total. The van der Waals surface area contributed by atoms with Crippen LogP contribution in [0.25, 0.3) is 0 Å². The first-order chi connectivity index (χ1) is 8.06. The van der Waals surface area contributed by atoms with E-state index in [2.05, 4.69) is 20.5 Å². The Bertz CT molecular complexity index is 492. The number of aryl methyl sites for hydroxylation is 1. The first-order valence-electron chi connectivity index (χ1n) is 5.34. The first-order valence-corrected chi connectivity index (χ1v) is 6.21. The van der Waals surface area contributed by atoms with E-state index in [1.54, 1.807) is 18.3 Å². The molecule has 0 aliphatic heterocycles. The smallest absolute Gasteiger partial charge is 0.316 e. The number of nitrogens with zero attached hydrogens (tertiary/aromatic N) is 3. The van der Waals surface area contributed by atoms with Crippen LogP contribution in [0.15, 0.2) is 9.80 Å². The van der Waals surface area contributed by atoms with Crippen LogP contribution in [0.1, 0.15) is 42.5 Å². The van der Waals surface area contributed by atoms with Gasteiger partial charge in [0, 0.05) is 11.1 Å². The summed E-state index contributed by atoms with van der Waals surface area (Å²) in [7, 11) is 0. The summed E-state index contributed by atoms with van der Waals surface area (Å²) in [6.45, 7) is 5.76. The van der Waals surface area contributed by atoms with Crippen molar-refractivity contribution in [3.8, 4) is 0 Å². The quantitative estimate of drug-likeness (QED) is 0.866. The highest BCUT2D eigenvalue weighted by Gasteiger charge is 2.14. The van der Waals surface area contributed by atoms with Crippen LogP contribution in [0.4, 0.5) is 6.01 Å². The fourth-order valence-corrected chi connectivity index (χ4v) is 2.10. The van der Waals surface area contributed by atoms with Gasteiger partial charge in [-0.25, -0.2) is 4.98 Å². The van der Waals surface area contributed by atoms with E-state index in [1.165, 1.54) is 0 Å². The maximum atomic E-state index is 5.64. The van der Waals surface area contributed by atoms with Gasteiger partial charge in [-0.15, -0.1) is 16.4 Å². The summed E-state index contributed by atoms with van der Waals surface area (Å²) >= 11 is 1.60. The maximum absolute atomic E-state index is 5.64. The molecule has 6 nitrogen and oxygen atoms in total. The highest BCUT2D eigenvalue weighted by molar-refractivity contribution is 7.09. The highest BCUT2D eigenvalue weighted by atomic mass is 32.1. The van der Waals surface area contributed by atoms with Gasteiger partial charge < -0.3 is 15.5 Å². The van der Waals surface area contributed by atoms with Gasteiger partial charge in [0.2, 0.25) is 5.89 Å². The van der Waals surface area contributed by atoms with Crippen LogP contribution in [-0.2, 0) is 0 Å². The van der Waals surface area contributed by atoms with Crippen molar-refractivity contribution in [2.24, 2.45) is 5.73 Å². The Hall–Kier alpha value is -1.47. The largest absolute Gasteiger partial charge is 0.406 e. The predicted molar refractivity (Wildman–Crippen MR) is 65.8 cm³/mol. The molecule has 0 radical (unpaired) electrons. The van der Waals surface area contributed by atoms with E-state index >= 15 is 0 Å². The summed E-state index contributed by atoms with van der Waals surface area (Å²) in [5.41, 5.74) is 6.65. The summed E-state index contributed by atoms with van der Waals surface area (Å²) < 4.78 is 5.36. The molecule has 0 bridgehead atoms. The fourth-order valence-electron chi connectivity index (χ4n) is 1.29. The van der Waals surface area contributed by atoms with Gasteiger partial charge in [0.25, 0.3) is 0 Å². The maximum Gasteiger partial charge on any atom is 0.316 e. The molecule has 92 valence electrons. The van der Waals surface area contributed by atoms with Gasteiger partial charge in [0.05, 0.1) is 12.1 Å². The summed E-state index contributed by atoms with van der Waals surface area (Å²) in [5.74, 6) is 0.426. The minimum Gasteiger partial charge on any atom is -0.406 e. The lowest BCUT2D eigenvalue weighted by molar-refractivity contribution is 0.470. The van der Waals surface area contributed by atoms with Crippen molar-refractivity contribution in [2.45, 2.75) is 32.9 Å². The Labute approximate surface area is 103 Å². The third-order valence-electron chi connectivity index (χ3n) is 2.18. The average Bonchev–Trinajstić information content (AvgIpc) is 2.86. The van der Waals surface area contributed by atoms with E-state index in [0.717, 1.165) is 10.7 Å². The van der Waals surface area contributed by atoms with E-state index in [1.807, 2.05) is 19.2 Å². The third kappa shape index (κ3) is 2.80. The molecule has 17 heavy (non-hydrogen) atoms. The van der Waals surface area contributed by atoms with Crippen LogP contribution in [0.3, 0.4) is 0 Å². The van der Waals surface area contributed by atoms with Crippen molar-refractivity contribution in [2.75, 3.05) is 5.32 Å². The van der Waals surface area contributed by atoms with Gasteiger partial charge in [0.1, 0.15) is 5.01 Å². The zero-order chi connectivity index (χ0) is 12.4. The van der Waals surface area contributed by atoms with E-state index in [9.17, 15) is 0 Å². The molecule has 2 rings (SSSR count). The Morgan fingerprint density at radius 1 is 1.41 bits per heavy atom. The molecular formula is C10H15N5OS. The van der Waals surface area contributed by atoms with Gasteiger partial charge in [-0.05, 0) is 20.8 Å². The van der Waals surface area contributed by atoms with Crippen molar-refractivity contribution in [1.29, 1.82) is 0 Å². The van der Waals surface area contributed by atoms with Gasteiger partial charge in [0.15, 0.2) is 0 Å². The minimum absolute atomic E-state index is 0.0371. The van der Waals surface area contributed by atoms with Crippen molar-refractivity contribution < 1.29 is 4.42 Å². The van der Waals surface area contributed by atoms with Crippen LogP contribution in [0.5, 0.6) is 0 Å². The number of nitrogens with two attached hydrogens (primary N) is 1. The van der Waals surface area contributed by atoms with E-state index in [0.29, 0.717) is 11.9 Å². The van der Waals surface area contributed by atoms with Crippen LogP contribution in [0.2, 0.25) is 0 Å². The van der Waals surface area contributed by atoms with Crippen LogP contribution >= 0.6 is 11.3 Å². The van der Waals surface area contributed by atoms with Crippen LogP contribution in [-0.4, -0.2) is 15.2 Å². The normalized spacial score (nSPS) is 14.6. The molecule has 0 aliphatic rings. The van der Waals surface area contributed by atoms with Gasteiger partial charge in [-0.2, -0.15) is 0 Å². The van der Waals surface area contributed by atoms with E-state index in [-0.39, 0.29) is 12.1 Å². The Kier molecular flexibility index (Phi) is 3.39. The molecule has 0 aromatic carbocycles. The number of aromatic nitrogens is 3. The molecule has 0 saturated carbocycles. The van der Waals surface area contributed by atoms with E-state index < -0.39 is 0 Å². The number of thiazole rings is 1. The van der Waals surface area contributed by atoms with Crippen LogP contribution in [0, 0.1) is 6.92 Å². The average molecular weight is 253 g/mol. The number of rotatable bonds is 4. The molecular weight excluding hydrogens is 238 g/mol. The molecule has 7 heteroatoms. The number of anilines is 1. The molecule has 2 aromatic heterocycles. The predicted octanol–water partition coefficient (Wildman–Crippen LogP) is 2.03. The SMILES string of the molecule is Cc1csc(C(C)Nc2nnc(C(C)N)o2)n1. The van der Waals surface area contributed by atoms with Crippen molar-refractivity contribution in [3.63, 3.8) is 0 Å². The standard InChI is InChI=1S/C10H15N5OS/c1-5-4-17-9(12-5)7(3)13-10-15-14-8(16-10)6(2)11/h4,6-7H,11H2,1-3H3,(H,13,15). The van der Waals surface area contributed by atoms with Crippen molar-refractivity contribution in [1.82, 2.24) is 15.2 Å². The Morgan fingerprint density at radius 3 is 2.71 bits per heavy atom. The molecule has 2 heterocycles. The lowest BCUT2D eigenvalue weighted by Crippen LogP contribution is -2.06. The lowest BCUT2D eigenvalue weighted by atomic mass is 10.3. The van der Waals surface area contributed by atoms with Crippen LogP contribution < -0.4 is 11.1 Å². The molecule has 0 fully saturated rings. The molecule has 0 aliphatic carbocycles. The zero-order valence-corrected chi connectivity index (χ0v) is 10.8. The zero-order valence-electron chi connectivity index (χ0n) is 9.97. The lowest BCUT2D eigenvalue weighted by Gasteiger charge is -2.07. The number of hydrogen-bond acceptors (Lipinski definition) is 7. The Balaban J connectivity index is 2.05. The molecule has 0 amide bonds. The molecule has 0 spiro atoms. The summed E-state index contributed by atoms with van der Waals surface area (Å²) in [6.07, 6.45) is 0. The summed E-state index contributed by atoms with van der Waals surface area (Å²) in [4.78, 5) is 4.39. The second kappa shape index (κ2) is 4.80. The molecule has 0 saturated heterocycles. The second-order valence-corrected chi connectivity index (χ2v) is 4.82. The topological polar surface area (TPSA) is 89.9 Å². The van der Waals surface area contributed by atoms with Gasteiger partial charge in [-0.1, -0.05) is 5.10 Å². The van der Waals surface area contributed by atoms with Gasteiger partial charge >= 0.3 is 6.01 Å². The molecule has 2 atom stereocenters. The van der Waals surface area contributed by atoms with Crippen molar-refractivity contribution in [3.05, 3.63) is 22.0 Å². The highest BCUT2D eigenvalue weighted by Crippen LogP contribution is 2.22.